The van der Waals surface area contributed by atoms with Crippen LogP contribution in [0, 0.1) is 0 Å². The molecule has 1 aromatic heterocycles. The van der Waals surface area contributed by atoms with E-state index in [1.165, 1.54) is 13.2 Å². The summed E-state index contributed by atoms with van der Waals surface area (Å²) in [5, 5.41) is 6.84. The van der Waals surface area contributed by atoms with Crippen LogP contribution >= 0.6 is 11.6 Å². The highest BCUT2D eigenvalue weighted by Crippen LogP contribution is 2.16. The van der Waals surface area contributed by atoms with Gasteiger partial charge in [-0.2, -0.15) is 5.10 Å². The first-order chi connectivity index (χ1) is 9.50. The SMILES string of the molecule is CC(Nc1cnn(C)c(=O)c1Cl)C(=O)N1CCOCC1. The Morgan fingerprint density at radius 1 is 1.50 bits per heavy atom. The van der Waals surface area contributed by atoms with Crippen LogP contribution in [0.15, 0.2) is 11.0 Å². The first kappa shape index (κ1) is 14.8. The quantitative estimate of drug-likeness (QED) is 0.856. The van der Waals surface area contributed by atoms with E-state index in [0.717, 1.165) is 4.68 Å². The molecule has 7 nitrogen and oxygen atoms in total. The third-order valence-electron chi connectivity index (χ3n) is 3.14. The fourth-order valence-corrected chi connectivity index (χ4v) is 2.19. The number of aryl methyl sites for hydroxylation is 1. The number of hydrogen-bond donors (Lipinski definition) is 1. The Labute approximate surface area is 121 Å². The summed E-state index contributed by atoms with van der Waals surface area (Å²) in [5.41, 5.74) is -0.0356. The van der Waals surface area contributed by atoms with Crippen LogP contribution in [-0.2, 0) is 16.6 Å². The molecule has 1 fully saturated rings. The zero-order valence-electron chi connectivity index (χ0n) is 11.4. The Hall–Kier alpha value is -1.60. The maximum atomic E-state index is 12.2. The molecule has 0 spiro atoms. The van der Waals surface area contributed by atoms with Crippen LogP contribution in [-0.4, -0.2) is 52.9 Å². The van der Waals surface area contributed by atoms with Crippen molar-refractivity contribution in [3.8, 4) is 0 Å². The number of morpholine rings is 1. The molecule has 0 bridgehead atoms. The van der Waals surface area contributed by atoms with Crippen LogP contribution in [0.4, 0.5) is 5.69 Å². The third-order valence-corrected chi connectivity index (χ3v) is 3.51. The van der Waals surface area contributed by atoms with Gasteiger partial charge in [-0.05, 0) is 6.92 Å². The first-order valence-electron chi connectivity index (χ1n) is 6.35. The molecule has 0 aliphatic carbocycles. The number of halogens is 1. The average molecular weight is 301 g/mol. The minimum Gasteiger partial charge on any atom is -0.378 e. The van der Waals surface area contributed by atoms with Gasteiger partial charge in [0.1, 0.15) is 11.1 Å². The Morgan fingerprint density at radius 2 is 2.15 bits per heavy atom. The lowest BCUT2D eigenvalue weighted by Crippen LogP contribution is -2.47. The molecule has 1 aliphatic heterocycles. The van der Waals surface area contributed by atoms with E-state index in [2.05, 4.69) is 10.4 Å². The van der Waals surface area contributed by atoms with Crippen LogP contribution in [0.5, 0.6) is 0 Å². The molecule has 20 heavy (non-hydrogen) atoms. The number of nitrogens with one attached hydrogen (secondary N) is 1. The van der Waals surface area contributed by atoms with Gasteiger partial charge in [0, 0.05) is 20.1 Å². The molecule has 0 aromatic carbocycles. The second-order valence-electron chi connectivity index (χ2n) is 4.60. The zero-order valence-corrected chi connectivity index (χ0v) is 12.2. The number of anilines is 1. The number of nitrogens with zero attached hydrogens (tertiary/aromatic N) is 3. The molecule has 110 valence electrons. The lowest BCUT2D eigenvalue weighted by atomic mass is 10.2. The van der Waals surface area contributed by atoms with Crippen LogP contribution in [0.3, 0.4) is 0 Å². The van der Waals surface area contributed by atoms with Gasteiger partial charge in [0.25, 0.3) is 5.56 Å². The molecular weight excluding hydrogens is 284 g/mol. The van der Waals surface area contributed by atoms with Gasteiger partial charge < -0.3 is 15.0 Å². The smallest absolute Gasteiger partial charge is 0.287 e. The Morgan fingerprint density at radius 3 is 2.80 bits per heavy atom. The van der Waals surface area contributed by atoms with Crippen molar-refractivity contribution in [3.63, 3.8) is 0 Å². The Bertz CT molecular complexity index is 554. The van der Waals surface area contributed by atoms with E-state index in [1.54, 1.807) is 11.8 Å². The molecule has 2 rings (SSSR count). The minimum absolute atomic E-state index is 0.0316. The predicted molar refractivity (Wildman–Crippen MR) is 75.0 cm³/mol. The summed E-state index contributed by atoms with van der Waals surface area (Å²) in [4.78, 5) is 25.6. The molecule has 1 atom stereocenters. The van der Waals surface area contributed by atoms with Crippen LogP contribution in [0.1, 0.15) is 6.92 Å². The van der Waals surface area contributed by atoms with E-state index in [0.29, 0.717) is 32.0 Å². The number of amides is 1. The second-order valence-corrected chi connectivity index (χ2v) is 4.98. The van der Waals surface area contributed by atoms with E-state index >= 15 is 0 Å². The third kappa shape index (κ3) is 3.10. The second kappa shape index (κ2) is 6.23. The highest BCUT2D eigenvalue weighted by atomic mass is 35.5. The largest absolute Gasteiger partial charge is 0.378 e. The summed E-state index contributed by atoms with van der Waals surface area (Å²) >= 11 is 5.95. The van der Waals surface area contributed by atoms with Gasteiger partial charge >= 0.3 is 0 Å². The lowest BCUT2D eigenvalue weighted by molar-refractivity contribution is -0.135. The Kier molecular flexibility index (Phi) is 4.61. The fraction of sp³-hybridized carbons (Fsp3) is 0.583. The highest BCUT2D eigenvalue weighted by molar-refractivity contribution is 6.33. The topological polar surface area (TPSA) is 76.5 Å². The van der Waals surface area contributed by atoms with Crippen molar-refractivity contribution >= 4 is 23.2 Å². The van der Waals surface area contributed by atoms with E-state index in [4.69, 9.17) is 16.3 Å². The lowest BCUT2D eigenvalue weighted by Gasteiger charge is -2.29. The van der Waals surface area contributed by atoms with Gasteiger partial charge in [-0.15, -0.1) is 0 Å². The maximum Gasteiger partial charge on any atom is 0.287 e. The van der Waals surface area contributed by atoms with Crippen molar-refractivity contribution < 1.29 is 9.53 Å². The summed E-state index contributed by atoms with van der Waals surface area (Å²) < 4.78 is 6.35. The highest BCUT2D eigenvalue weighted by Gasteiger charge is 2.23. The van der Waals surface area contributed by atoms with Gasteiger partial charge in [-0.3, -0.25) is 9.59 Å². The summed E-state index contributed by atoms with van der Waals surface area (Å²) in [6.07, 6.45) is 1.44. The number of rotatable bonds is 3. The maximum absolute atomic E-state index is 12.2. The van der Waals surface area contributed by atoms with Gasteiger partial charge in [0.2, 0.25) is 5.91 Å². The number of carbonyl (C=O) groups excluding carboxylic acids is 1. The van der Waals surface area contributed by atoms with Crippen molar-refractivity contribution in [1.29, 1.82) is 0 Å². The van der Waals surface area contributed by atoms with Crippen molar-refractivity contribution in [1.82, 2.24) is 14.7 Å². The molecule has 8 heteroatoms. The van der Waals surface area contributed by atoms with Crippen LogP contribution in [0.2, 0.25) is 5.02 Å². The summed E-state index contributed by atoms with van der Waals surface area (Å²) in [7, 11) is 1.51. The van der Waals surface area contributed by atoms with Gasteiger partial charge in [0.05, 0.1) is 25.1 Å². The van der Waals surface area contributed by atoms with Crippen LogP contribution < -0.4 is 10.9 Å². The molecule has 2 heterocycles. The average Bonchev–Trinajstić information content (AvgIpc) is 2.48. The van der Waals surface area contributed by atoms with E-state index in [-0.39, 0.29) is 10.9 Å². The molecule has 1 aromatic rings. The summed E-state index contributed by atoms with van der Waals surface area (Å²) in [5.74, 6) is -0.0509. The number of carbonyl (C=O) groups is 1. The predicted octanol–water partition coefficient (Wildman–Crippen LogP) is 0.0929. The monoisotopic (exact) mass is 300 g/mol. The van der Waals surface area contributed by atoms with Crippen molar-refractivity contribution in [2.75, 3.05) is 31.6 Å². The molecule has 1 N–H and O–H groups in total. The zero-order chi connectivity index (χ0) is 14.7. The summed E-state index contributed by atoms with van der Waals surface area (Å²) in [6.45, 7) is 3.98. The van der Waals surface area contributed by atoms with Crippen molar-refractivity contribution in [2.24, 2.45) is 7.05 Å². The molecule has 1 amide bonds. The minimum atomic E-state index is -0.487. The molecule has 1 aliphatic rings. The molecule has 1 unspecified atom stereocenters. The number of aromatic nitrogens is 2. The van der Waals surface area contributed by atoms with Gasteiger partial charge in [0.15, 0.2) is 0 Å². The Balaban J connectivity index is 2.07. The molecule has 1 saturated heterocycles. The summed E-state index contributed by atoms with van der Waals surface area (Å²) in [6, 6.07) is -0.487. The first-order valence-corrected chi connectivity index (χ1v) is 6.73. The van der Waals surface area contributed by atoms with E-state index < -0.39 is 11.6 Å². The van der Waals surface area contributed by atoms with Gasteiger partial charge in [-0.25, -0.2) is 4.68 Å². The van der Waals surface area contributed by atoms with E-state index in [9.17, 15) is 9.59 Å². The van der Waals surface area contributed by atoms with Crippen LogP contribution in [0.25, 0.3) is 0 Å². The van der Waals surface area contributed by atoms with E-state index in [1.807, 2.05) is 0 Å². The normalized spacial score (nSPS) is 16.9. The number of hydrogen-bond acceptors (Lipinski definition) is 5. The standard InChI is InChI=1S/C12H17ClN4O3/c1-8(11(18)17-3-5-20-6-4-17)15-9-7-14-16(2)12(19)10(9)13/h7-8,15H,3-6H2,1-2H3. The molecule has 0 radical (unpaired) electrons. The molecule has 0 saturated carbocycles. The van der Waals surface area contributed by atoms with Gasteiger partial charge in [-0.1, -0.05) is 11.6 Å². The number of ether oxygens (including phenoxy) is 1. The fourth-order valence-electron chi connectivity index (χ4n) is 1.96. The van der Waals surface area contributed by atoms with Crippen molar-refractivity contribution in [2.45, 2.75) is 13.0 Å². The van der Waals surface area contributed by atoms with Crippen molar-refractivity contribution in [3.05, 3.63) is 21.6 Å². The molecular formula is C12H17ClN4O3.